The standard InChI is InChI=1S/C26H23ClN2O3/c1-28(20-8-4-3-5-9-20)24-23(21-10-6-7-11-22(21)32-2)25(30)29(26(24)31)17-16-18-12-14-19(27)15-13-18/h3-15H,16-17H2,1-2H3. The van der Waals surface area contributed by atoms with Gasteiger partial charge < -0.3 is 9.64 Å². The van der Waals surface area contributed by atoms with Crippen LogP contribution >= 0.6 is 11.6 Å². The molecule has 32 heavy (non-hydrogen) atoms. The molecule has 0 atom stereocenters. The average molecular weight is 447 g/mol. The summed E-state index contributed by atoms with van der Waals surface area (Å²) >= 11 is 5.97. The van der Waals surface area contributed by atoms with E-state index in [-0.39, 0.29) is 18.4 Å². The predicted octanol–water partition coefficient (Wildman–Crippen LogP) is 4.81. The molecular weight excluding hydrogens is 424 g/mol. The minimum Gasteiger partial charge on any atom is -0.496 e. The van der Waals surface area contributed by atoms with E-state index in [0.717, 1.165) is 11.3 Å². The van der Waals surface area contributed by atoms with Crippen molar-refractivity contribution in [1.82, 2.24) is 4.90 Å². The fourth-order valence-corrected chi connectivity index (χ4v) is 3.97. The lowest BCUT2D eigenvalue weighted by molar-refractivity contribution is -0.136. The molecule has 0 saturated heterocycles. The minimum atomic E-state index is -0.328. The molecule has 1 heterocycles. The summed E-state index contributed by atoms with van der Waals surface area (Å²) in [6.07, 6.45) is 0.538. The summed E-state index contributed by atoms with van der Waals surface area (Å²) < 4.78 is 5.50. The van der Waals surface area contributed by atoms with Crippen molar-refractivity contribution >= 4 is 34.7 Å². The van der Waals surface area contributed by atoms with E-state index in [1.54, 1.807) is 43.3 Å². The van der Waals surface area contributed by atoms with Crippen molar-refractivity contribution < 1.29 is 14.3 Å². The van der Waals surface area contributed by atoms with E-state index in [9.17, 15) is 9.59 Å². The highest BCUT2D eigenvalue weighted by molar-refractivity contribution is 6.37. The van der Waals surface area contributed by atoms with Gasteiger partial charge in [0.25, 0.3) is 11.8 Å². The Kier molecular flexibility index (Phi) is 6.28. The number of imide groups is 1. The maximum atomic E-state index is 13.5. The number of carbonyl (C=O) groups is 2. The maximum absolute atomic E-state index is 13.5. The maximum Gasteiger partial charge on any atom is 0.278 e. The molecule has 0 aromatic heterocycles. The van der Waals surface area contributed by atoms with Crippen LogP contribution in [0.15, 0.2) is 84.6 Å². The smallest absolute Gasteiger partial charge is 0.278 e. The molecule has 1 aliphatic rings. The van der Waals surface area contributed by atoms with Gasteiger partial charge in [0.2, 0.25) is 0 Å². The molecule has 0 saturated carbocycles. The lowest BCUT2D eigenvalue weighted by atomic mass is 10.0. The molecule has 3 aromatic carbocycles. The van der Waals surface area contributed by atoms with Crippen LogP contribution in [0.2, 0.25) is 5.02 Å². The van der Waals surface area contributed by atoms with Gasteiger partial charge in [0.15, 0.2) is 0 Å². The van der Waals surface area contributed by atoms with Crippen molar-refractivity contribution in [2.75, 3.05) is 25.6 Å². The molecule has 5 nitrogen and oxygen atoms in total. The zero-order valence-corrected chi connectivity index (χ0v) is 18.7. The van der Waals surface area contributed by atoms with Crippen molar-refractivity contribution in [3.05, 3.63) is 101 Å². The van der Waals surface area contributed by atoms with Gasteiger partial charge >= 0.3 is 0 Å². The Morgan fingerprint density at radius 3 is 2.22 bits per heavy atom. The first-order valence-corrected chi connectivity index (χ1v) is 10.7. The number of halogens is 1. The molecule has 0 radical (unpaired) electrons. The van der Waals surface area contributed by atoms with E-state index in [1.165, 1.54) is 4.90 Å². The molecular formula is C26H23ClN2O3. The van der Waals surface area contributed by atoms with Crippen LogP contribution in [0.3, 0.4) is 0 Å². The highest BCUT2D eigenvalue weighted by Crippen LogP contribution is 2.37. The molecule has 0 aliphatic carbocycles. The zero-order valence-electron chi connectivity index (χ0n) is 17.9. The van der Waals surface area contributed by atoms with E-state index >= 15 is 0 Å². The molecule has 0 fully saturated rings. The number of hydrogen-bond acceptors (Lipinski definition) is 4. The molecule has 2 amide bonds. The molecule has 3 aromatic rings. The number of hydrogen-bond donors (Lipinski definition) is 0. The monoisotopic (exact) mass is 446 g/mol. The van der Waals surface area contributed by atoms with Crippen molar-refractivity contribution in [3.63, 3.8) is 0 Å². The first-order chi connectivity index (χ1) is 15.5. The van der Waals surface area contributed by atoms with Crippen LogP contribution in [0, 0.1) is 0 Å². The number of amides is 2. The second-order valence-electron chi connectivity index (χ2n) is 7.46. The fourth-order valence-electron chi connectivity index (χ4n) is 3.84. The summed E-state index contributed by atoms with van der Waals surface area (Å²) in [7, 11) is 3.35. The highest BCUT2D eigenvalue weighted by Gasteiger charge is 2.41. The Hall–Kier alpha value is -3.57. The number of anilines is 1. The molecule has 1 aliphatic heterocycles. The second-order valence-corrected chi connectivity index (χ2v) is 7.89. The highest BCUT2D eigenvalue weighted by atomic mass is 35.5. The van der Waals surface area contributed by atoms with E-state index in [1.807, 2.05) is 54.6 Å². The van der Waals surface area contributed by atoms with Crippen molar-refractivity contribution in [1.29, 1.82) is 0 Å². The van der Waals surface area contributed by atoms with Crippen LogP contribution in [0.1, 0.15) is 11.1 Å². The number of methoxy groups -OCH3 is 1. The van der Waals surface area contributed by atoms with Crippen molar-refractivity contribution in [3.8, 4) is 5.75 Å². The normalized spacial score (nSPS) is 13.7. The van der Waals surface area contributed by atoms with Gasteiger partial charge in [-0.1, -0.05) is 60.1 Å². The van der Waals surface area contributed by atoms with E-state index in [4.69, 9.17) is 16.3 Å². The molecule has 0 unspecified atom stereocenters. The quantitative estimate of drug-likeness (QED) is 0.489. The number of ether oxygens (including phenoxy) is 1. The van der Waals surface area contributed by atoms with Crippen molar-refractivity contribution in [2.24, 2.45) is 0 Å². The molecule has 0 spiro atoms. The lowest BCUT2D eigenvalue weighted by Gasteiger charge is -2.21. The number of carbonyl (C=O) groups excluding carboxylic acids is 2. The Balaban J connectivity index is 1.73. The van der Waals surface area contributed by atoms with E-state index in [0.29, 0.717) is 34.0 Å². The Morgan fingerprint density at radius 1 is 0.875 bits per heavy atom. The fraction of sp³-hybridized carbons (Fsp3) is 0.154. The largest absolute Gasteiger partial charge is 0.496 e. The van der Waals surface area contributed by atoms with E-state index in [2.05, 4.69) is 0 Å². The van der Waals surface area contributed by atoms with Gasteiger partial charge in [0.05, 0.1) is 12.7 Å². The van der Waals surface area contributed by atoms with Crippen LogP contribution in [-0.2, 0) is 16.0 Å². The number of para-hydroxylation sites is 2. The van der Waals surface area contributed by atoms with E-state index < -0.39 is 0 Å². The molecule has 0 N–H and O–H groups in total. The van der Waals surface area contributed by atoms with Crippen LogP contribution in [0.5, 0.6) is 5.75 Å². The zero-order chi connectivity index (χ0) is 22.7. The molecule has 162 valence electrons. The van der Waals surface area contributed by atoms with Gasteiger partial charge in [0, 0.05) is 29.9 Å². The lowest BCUT2D eigenvalue weighted by Crippen LogP contribution is -2.35. The third-order valence-corrected chi connectivity index (χ3v) is 5.79. The summed E-state index contributed by atoms with van der Waals surface area (Å²) in [6.45, 7) is 0.268. The van der Waals surface area contributed by atoms with Gasteiger partial charge in [-0.3, -0.25) is 14.5 Å². The first kappa shape index (κ1) is 21.7. The van der Waals surface area contributed by atoms with Crippen LogP contribution < -0.4 is 9.64 Å². The summed E-state index contributed by atoms with van der Waals surface area (Å²) in [5.41, 5.74) is 3.09. The number of benzene rings is 3. The minimum absolute atomic E-state index is 0.268. The summed E-state index contributed by atoms with van der Waals surface area (Å²) in [4.78, 5) is 30.2. The Labute approximate surface area is 192 Å². The van der Waals surface area contributed by atoms with Crippen LogP contribution in [0.25, 0.3) is 5.57 Å². The topological polar surface area (TPSA) is 49.9 Å². The number of rotatable bonds is 7. The molecule has 4 rings (SSSR count). The Bertz CT molecular complexity index is 1170. The predicted molar refractivity (Wildman–Crippen MR) is 127 cm³/mol. The molecule has 6 heteroatoms. The first-order valence-electron chi connectivity index (χ1n) is 10.3. The number of likely N-dealkylation sites (N-methyl/N-ethyl adjacent to an activating group) is 1. The third kappa shape index (κ3) is 4.12. The van der Waals surface area contributed by atoms with Crippen LogP contribution in [-0.4, -0.2) is 37.4 Å². The summed E-state index contributed by atoms with van der Waals surface area (Å²) in [5.74, 6) is -0.107. The molecule has 0 bridgehead atoms. The van der Waals surface area contributed by atoms with Gasteiger partial charge in [-0.05, 0) is 42.3 Å². The Morgan fingerprint density at radius 2 is 1.53 bits per heavy atom. The summed E-state index contributed by atoms with van der Waals surface area (Å²) in [5, 5.41) is 0.647. The van der Waals surface area contributed by atoms with Gasteiger partial charge in [-0.15, -0.1) is 0 Å². The van der Waals surface area contributed by atoms with Crippen LogP contribution in [0.4, 0.5) is 5.69 Å². The van der Waals surface area contributed by atoms with Gasteiger partial charge in [-0.2, -0.15) is 0 Å². The number of nitrogens with zero attached hydrogens (tertiary/aromatic N) is 2. The SMILES string of the molecule is COc1ccccc1C1=C(N(C)c2ccccc2)C(=O)N(CCc2ccc(Cl)cc2)C1=O. The van der Waals surface area contributed by atoms with Gasteiger partial charge in [0.1, 0.15) is 11.4 Å². The van der Waals surface area contributed by atoms with Crippen molar-refractivity contribution in [2.45, 2.75) is 6.42 Å². The second kappa shape index (κ2) is 9.28. The average Bonchev–Trinajstić information content (AvgIpc) is 3.08. The third-order valence-electron chi connectivity index (χ3n) is 5.54. The van der Waals surface area contributed by atoms with Gasteiger partial charge in [-0.25, -0.2) is 0 Å². The summed E-state index contributed by atoms with van der Waals surface area (Å²) in [6, 6.07) is 24.2.